The summed E-state index contributed by atoms with van der Waals surface area (Å²) in [5, 5.41) is 0. The Kier molecular flexibility index (Phi) is 5.25. The van der Waals surface area contributed by atoms with E-state index in [2.05, 4.69) is 0 Å². The van der Waals surface area contributed by atoms with Crippen LogP contribution in [0.3, 0.4) is 0 Å². The fourth-order valence-corrected chi connectivity index (χ4v) is 3.42. The Morgan fingerprint density at radius 3 is 2.70 bits per heavy atom. The first kappa shape index (κ1) is 16.4. The van der Waals surface area contributed by atoms with Crippen LogP contribution in [0.15, 0.2) is 24.3 Å². The molecule has 1 amide bonds. The smallest absolute Gasteiger partial charge is 0.244 e. The Hall–Kier alpha value is -1.50. The highest BCUT2D eigenvalue weighted by Gasteiger charge is 2.36. The fourth-order valence-electron chi connectivity index (χ4n) is 3.42. The summed E-state index contributed by atoms with van der Waals surface area (Å²) in [6, 6.07) is 6.00. The van der Waals surface area contributed by atoms with Gasteiger partial charge in [-0.15, -0.1) is 0 Å². The third kappa shape index (κ3) is 3.54. The maximum Gasteiger partial charge on any atom is 0.244 e. The third-order valence-corrected chi connectivity index (χ3v) is 4.78. The van der Waals surface area contributed by atoms with Gasteiger partial charge < -0.3 is 15.4 Å². The van der Waals surface area contributed by atoms with E-state index in [4.69, 9.17) is 10.5 Å². The average Bonchev–Trinajstić information content (AvgIpc) is 3.07. The monoisotopic (exact) mass is 321 g/mol. The van der Waals surface area contributed by atoms with Crippen molar-refractivity contribution in [1.29, 1.82) is 0 Å². The fraction of sp³-hybridized carbons (Fsp3) is 0.588. The summed E-state index contributed by atoms with van der Waals surface area (Å²) in [7, 11) is 0. The number of hydrogen-bond donors (Lipinski definition) is 1. The SMILES string of the molecule is NC[C@@H]1CCN(C(=O)[C@H](c2ccccc2F)N2CCOCC2)C1. The van der Waals surface area contributed by atoms with Crippen molar-refractivity contribution in [2.75, 3.05) is 45.9 Å². The molecule has 23 heavy (non-hydrogen) atoms. The van der Waals surface area contributed by atoms with Gasteiger partial charge >= 0.3 is 0 Å². The molecule has 2 atom stereocenters. The molecule has 2 heterocycles. The van der Waals surface area contributed by atoms with Crippen molar-refractivity contribution in [3.63, 3.8) is 0 Å². The van der Waals surface area contributed by atoms with Gasteiger partial charge in [-0.05, 0) is 24.9 Å². The van der Waals surface area contributed by atoms with Gasteiger partial charge in [0.1, 0.15) is 11.9 Å². The first-order chi connectivity index (χ1) is 11.2. The number of halogens is 1. The van der Waals surface area contributed by atoms with E-state index in [1.165, 1.54) is 6.07 Å². The van der Waals surface area contributed by atoms with Crippen LogP contribution in [0.25, 0.3) is 0 Å². The van der Waals surface area contributed by atoms with Crippen LogP contribution >= 0.6 is 0 Å². The summed E-state index contributed by atoms with van der Waals surface area (Å²) >= 11 is 0. The molecule has 0 radical (unpaired) electrons. The topological polar surface area (TPSA) is 58.8 Å². The number of benzene rings is 1. The molecule has 2 aliphatic heterocycles. The number of carbonyl (C=O) groups is 1. The molecule has 3 rings (SSSR count). The molecule has 0 spiro atoms. The second kappa shape index (κ2) is 7.38. The number of likely N-dealkylation sites (tertiary alicyclic amines) is 1. The summed E-state index contributed by atoms with van der Waals surface area (Å²) in [5.41, 5.74) is 6.18. The van der Waals surface area contributed by atoms with Crippen molar-refractivity contribution in [1.82, 2.24) is 9.80 Å². The molecule has 126 valence electrons. The highest BCUT2D eigenvalue weighted by molar-refractivity contribution is 5.83. The minimum atomic E-state index is -0.573. The van der Waals surface area contributed by atoms with Crippen LogP contribution in [0.1, 0.15) is 18.0 Å². The minimum Gasteiger partial charge on any atom is -0.379 e. The quantitative estimate of drug-likeness (QED) is 0.899. The lowest BCUT2D eigenvalue weighted by atomic mass is 10.0. The molecule has 6 heteroatoms. The second-order valence-corrected chi connectivity index (χ2v) is 6.25. The van der Waals surface area contributed by atoms with Crippen LogP contribution in [0, 0.1) is 11.7 Å². The highest BCUT2D eigenvalue weighted by atomic mass is 19.1. The summed E-state index contributed by atoms with van der Waals surface area (Å²) in [4.78, 5) is 17.0. The molecule has 0 aliphatic carbocycles. The average molecular weight is 321 g/mol. The Morgan fingerprint density at radius 2 is 2.04 bits per heavy atom. The van der Waals surface area contributed by atoms with Gasteiger partial charge in [-0.2, -0.15) is 0 Å². The molecule has 0 saturated carbocycles. The maximum absolute atomic E-state index is 14.3. The van der Waals surface area contributed by atoms with Gasteiger partial charge in [-0.3, -0.25) is 9.69 Å². The first-order valence-electron chi connectivity index (χ1n) is 8.25. The van der Waals surface area contributed by atoms with Gasteiger partial charge in [0.2, 0.25) is 5.91 Å². The van der Waals surface area contributed by atoms with Crippen molar-refractivity contribution in [3.8, 4) is 0 Å². The van der Waals surface area contributed by atoms with Gasteiger partial charge in [0.05, 0.1) is 13.2 Å². The third-order valence-electron chi connectivity index (χ3n) is 4.78. The summed E-state index contributed by atoms with van der Waals surface area (Å²) < 4.78 is 19.7. The molecule has 1 aromatic rings. The molecule has 0 unspecified atom stereocenters. The number of carbonyl (C=O) groups excluding carboxylic acids is 1. The van der Waals surface area contributed by atoms with E-state index in [1.54, 1.807) is 18.2 Å². The number of morpholine rings is 1. The van der Waals surface area contributed by atoms with Crippen LogP contribution in [0.2, 0.25) is 0 Å². The van der Waals surface area contributed by atoms with Crippen molar-refractivity contribution < 1.29 is 13.9 Å². The van der Waals surface area contributed by atoms with Crippen LogP contribution in [0.4, 0.5) is 4.39 Å². The van der Waals surface area contributed by atoms with E-state index >= 15 is 0 Å². The van der Waals surface area contributed by atoms with Gasteiger partial charge in [-0.25, -0.2) is 4.39 Å². The number of hydrogen-bond acceptors (Lipinski definition) is 4. The van der Waals surface area contributed by atoms with E-state index in [0.29, 0.717) is 57.4 Å². The molecular weight excluding hydrogens is 297 g/mol. The Morgan fingerprint density at radius 1 is 1.30 bits per heavy atom. The molecule has 0 aromatic heterocycles. The normalized spacial score (nSPS) is 23.9. The van der Waals surface area contributed by atoms with Crippen LogP contribution in [-0.2, 0) is 9.53 Å². The number of ether oxygens (including phenoxy) is 1. The van der Waals surface area contributed by atoms with Crippen molar-refractivity contribution in [3.05, 3.63) is 35.6 Å². The van der Waals surface area contributed by atoms with E-state index in [1.807, 2.05) is 9.80 Å². The largest absolute Gasteiger partial charge is 0.379 e. The number of amides is 1. The molecule has 0 bridgehead atoms. The van der Waals surface area contributed by atoms with E-state index in [9.17, 15) is 9.18 Å². The Bertz CT molecular complexity index is 548. The van der Waals surface area contributed by atoms with E-state index in [-0.39, 0.29) is 11.7 Å². The summed E-state index contributed by atoms with van der Waals surface area (Å²) in [6.07, 6.45) is 0.926. The molecule has 2 saturated heterocycles. The van der Waals surface area contributed by atoms with E-state index < -0.39 is 6.04 Å². The zero-order valence-corrected chi connectivity index (χ0v) is 13.3. The number of nitrogens with zero attached hydrogens (tertiary/aromatic N) is 2. The molecular formula is C17H24FN3O2. The lowest BCUT2D eigenvalue weighted by Gasteiger charge is -2.36. The van der Waals surface area contributed by atoms with Crippen LogP contribution in [-0.4, -0.2) is 61.6 Å². The lowest BCUT2D eigenvalue weighted by molar-refractivity contribution is -0.138. The molecule has 2 fully saturated rings. The zero-order chi connectivity index (χ0) is 16.2. The molecule has 2 aliphatic rings. The first-order valence-corrected chi connectivity index (χ1v) is 8.25. The highest BCUT2D eigenvalue weighted by Crippen LogP contribution is 2.28. The summed E-state index contributed by atoms with van der Waals surface area (Å²) in [5.74, 6) is 0.00442. The van der Waals surface area contributed by atoms with Gasteiger partial charge in [-0.1, -0.05) is 18.2 Å². The van der Waals surface area contributed by atoms with Crippen LogP contribution < -0.4 is 5.73 Å². The lowest BCUT2D eigenvalue weighted by Crippen LogP contribution is -2.47. The van der Waals surface area contributed by atoms with Crippen molar-refractivity contribution in [2.45, 2.75) is 12.5 Å². The standard InChI is InChI=1S/C17H24FN3O2/c18-15-4-2-1-3-14(15)16(20-7-9-23-10-8-20)17(22)21-6-5-13(11-19)12-21/h1-4,13,16H,5-12,19H2/t13-,16-/m0/s1. The van der Waals surface area contributed by atoms with Gasteiger partial charge in [0, 0.05) is 31.7 Å². The predicted molar refractivity (Wildman–Crippen MR) is 85.3 cm³/mol. The molecule has 2 N–H and O–H groups in total. The van der Waals surface area contributed by atoms with E-state index in [0.717, 1.165) is 6.42 Å². The van der Waals surface area contributed by atoms with Gasteiger partial charge in [0.25, 0.3) is 0 Å². The van der Waals surface area contributed by atoms with Crippen molar-refractivity contribution in [2.24, 2.45) is 11.7 Å². The Labute approximate surface area is 136 Å². The molecule has 1 aromatic carbocycles. The molecule has 5 nitrogen and oxygen atoms in total. The maximum atomic E-state index is 14.3. The second-order valence-electron chi connectivity index (χ2n) is 6.25. The minimum absolute atomic E-state index is 0.0204. The zero-order valence-electron chi connectivity index (χ0n) is 13.3. The summed E-state index contributed by atoms with van der Waals surface area (Å²) in [6.45, 7) is 4.39. The predicted octanol–water partition coefficient (Wildman–Crippen LogP) is 1.01. The number of nitrogens with two attached hydrogens (primary N) is 1. The number of rotatable bonds is 4. The Balaban J connectivity index is 1.85. The van der Waals surface area contributed by atoms with Crippen molar-refractivity contribution >= 4 is 5.91 Å². The van der Waals surface area contributed by atoms with Gasteiger partial charge in [0.15, 0.2) is 0 Å². The van der Waals surface area contributed by atoms with Crippen LogP contribution in [0.5, 0.6) is 0 Å².